The first-order valence-corrected chi connectivity index (χ1v) is 11.7. The molecule has 1 atom stereocenters. The summed E-state index contributed by atoms with van der Waals surface area (Å²) < 4.78 is 10.3. The molecule has 1 aromatic heterocycles. The van der Waals surface area contributed by atoms with E-state index in [1.807, 2.05) is 54.6 Å². The SMILES string of the molecule is CC(C)(C)OC(=O)NCC(=O)NNC(=O)[C@H](Cc1c[nH]c2ccccc12)NC(=O)OCc1ccccc1. The molecule has 0 radical (unpaired) electrons. The highest BCUT2D eigenvalue weighted by Crippen LogP contribution is 2.19. The number of hydrogen-bond acceptors (Lipinski definition) is 6. The molecule has 0 saturated carbocycles. The number of alkyl carbamates (subject to hydrolysis) is 2. The van der Waals surface area contributed by atoms with Crippen LogP contribution in [0.15, 0.2) is 60.8 Å². The number of benzene rings is 2. The van der Waals surface area contributed by atoms with E-state index in [-0.39, 0.29) is 13.0 Å². The average Bonchev–Trinajstić information content (AvgIpc) is 3.27. The molecule has 1 heterocycles. The molecule has 5 N–H and O–H groups in total. The zero-order valence-corrected chi connectivity index (χ0v) is 20.9. The molecule has 0 spiro atoms. The minimum Gasteiger partial charge on any atom is -0.445 e. The van der Waals surface area contributed by atoms with Crippen LogP contribution >= 0.6 is 0 Å². The highest BCUT2D eigenvalue weighted by Gasteiger charge is 2.24. The first-order valence-electron chi connectivity index (χ1n) is 11.7. The Hall–Kier alpha value is -4.54. The van der Waals surface area contributed by atoms with Crippen molar-refractivity contribution in [2.75, 3.05) is 6.54 Å². The van der Waals surface area contributed by atoms with Crippen LogP contribution in [0.3, 0.4) is 0 Å². The quantitative estimate of drug-likeness (QED) is 0.295. The van der Waals surface area contributed by atoms with Crippen molar-refractivity contribution in [1.29, 1.82) is 0 Å². The number of H-pyrrole nitrogens is 1. The summed E-state index contributed by atoms with van der Waals surface area (Å²) in [6, 6.07) is 15.6. The lowest BCUT2D eigenvalue weighted by Gasteiger charge is -2.20. The maximum Gasteiger partial charge on any atom is 0.408 e. The number of amides is 4. The summed E-state index contributed by atoms with van der Waals surface area (Å²) in [4.78, 5) is 52.4. The number of hydrogen-bond donors (Lipinski definition) is 5. The minimum atomic E-state index is -1.07. The van der Waals surface area contributed by atoms with Crippen LogP contribution in [0, 0.1) is 0 Å². The van der Waals surface area contributed by atoms with E-state index in [1.54, 1.807) is 27.0 Å². The van der Waals surface area contributed by atoms with Gasteiger partial charge < -0.3 is 25.1 Å². The lowest BCUT2D eigenvalue weighted by Crippen LogP contribution is -2.54. The van der Waals surface area contributed by atoms with Gasteiger partial charge in [0.1, 0.15) is 24.8 Å². The van der Waals surface area contributed by atoms with E-state index >= 15 is 0 Å². The van der Waals surface area contributed by atoms with Gasteiger partial charge in [-0.2, -0.15) is 0 Å². The molecular formula is C26H31N5O6. The molecule has 0 aliphatic heterocycles. The van der Waals surface area contributed by atoms with Crippen molar-refractivity contribution in [3.63, 3.8) is 0 Å². The van der Waals surface area contributed by atoms with Crippen molar-refractivity contribution in [1.82, 2.24) is 26.5 Å². The van der Waals surface area contributed by atoms with E-state index in [0.29, 0.717) is 0 Å². The predicted octanol–water partition coefficient (Wildman–Crippen LogP) is 2.68. The van der Waals surface area contributed by atoms with Gasteiger partial charge in [-0.05, 0) is 38.0 Å². The Morgan fingerprint density at radius 3 is 2.35 bits per heavy atom. The van der Waals surface area contributed by atoms with Gasteiger partial charge in [0.25, 0.3) is 11.8 Å². The predicted molar refractivity (Wildman–Crippen MR) is 136 cm³/mol. The number of carbonyl (C=O) groups excluding carboxylic acids is 4. The topological polar surface area (TPSA) is 151 Å². The van der Waals surface area contributed by atoms with E-state index in [1.165, 1.54) is 0 Å². The molecule has 11 heteroatoms. The third-order valence-electron chi connectivity index (χ3n) is 5.04. The fraction of sp³-hybridized carbons (Fsp3) is 0.308. The van der Waals surface area contributed by atoms with Crippen molar-refractivity contribution < 1.29 is 28.7 Å². The molecule has 0 unspecified atom stereocenters. The largest absolute Gasteiger partial charge is 0.445 e. The number of para-hydroxylation sites is 1. The van der Waals surface area contributed by atoms with Crippen LogP contribution < -0.4 is 21.5 Å². The lowest BCUT2D eigenvalue weighted by atomic mass is 10.0. The molecule has 3 rings (SSSR count). The van der Waals surface area contributed by atoms with Crippen molar-refractivity contribution in [2.45, 2.75) is 45.4 Å². The molecule has 0 bridgehead atoms. The van der Waals surface area contributed by atoms with Crippen LogP contribution in [0.5, 0.6) is 0 Å². The second-order valence-electron chi connectivity index (χ2n) is 9.22. The molecule has 3 aromatic rings. The maximum atomic E-state index is 12.9. The summed E-state index contributed by atoms with van der Waals surface area (Å²) in [5.74, 6) is -1.36. The second-order valence-corrected chi connectivity index (χ2v) is 9.22. The van der Waals surface area contributed by atoms with Crippen molar-refractivity contribution in [2.24, 2.45) is 0 Å². The Morgan fingerprint density at radius 1 is 0.919 bits per heavy atom. The smallest absolute Gasteiger partial charge is 0.408 e. The van der Waals surface area contributed by atoms with Crippen LogP contribution in [-0.2, 0) is 32.1 Å². The zero-order valence-electron chi connectivity index (χ0n) is 20.9. The van der Waals surface area contributed by atoms with Gasteiger partial charge in [-0.3, -0.25) is 20.4 Å². The van der Waals surface area contributed by atoms with Crippen LogP contribution in [0.1, 0.15) is 31.9 Å². The summed E-state index contributed by atoms with van der Waals surface area (Å²) in [6.07, 6.45) is 0.323. The number of nitrogens with one attached hydrogen (secondary N) is 5. The molecule has 0 saturated heterocycles. The number of rotatable bonds is 8. The summed E-state index contributed by atoms with van der Waals surface area (Å²) >= 11 is 0. The molecule has 0 fully saturated rings. The van der Waals surface area contributed by atoms with E-state index in [0.717, 1.165) is 22.0 Å². The highest BCUT2D eigenvalue weighted by atomic mass is 16.6. The molecule has 37 heavy (non-hydrogen) atoms. The first-order chi connectivity index (χ1) is 17.6. The molecular weight excluding hydrogens is 478 g/mol. The van der Waals surface area contributed by atoms with Crippen molar-refractivity contribution in [3.8, 4) is 0 Å². The Kier molecular flexibility index (Phi) is 9.09. The van der Waals surface area contributed by atoms with E-state index in [9.17, 15) is 19.2 Å². The molecule has 0 aliphatic carbocycles. The van der Waals surface area contributed by atoms with Crippen molar-refractivity contribution >= 4 is 34.9 Å². The van der Waals surface area contributed by atoms with Gasteiger partial charge in [0.15, 0.2) is 0 Å². The number of carbonyl (C=O) groups is 4. The minimum absolute atomic E-state index is 0.0289. The van der Waals surface area contributed by atoms with Crippen LogP contribution in [0.2, 0.25) is 0 Å². The molecule has 4 amide bonds. The average molecular weight is 510 g/mol. The van der Waals surface area contributed by atoms with Gasteiger partial charge in [-0.1, -0.05) is 48.5 Å². The normalized spacial score (nSPS) is 11.8. The summed E-state index contributed by atoms with van der Waals surface area (Å²) in [5, 5.41) is 5.75. The molecule has 0 aliphatic rings. The summed E-state index contributed by atoms with van der Waals surface area (Å²) in [7, 11) is 0. The standard InChI is InChI=1S/C26H31N5O6/c1-26(2,3)37-24(34)28-15-22(32)30-31-23(33)21(13-18-14-27-20-12-8-7-11-19(18)20)29-25(35)36-16-17-9-5-4-6-10-17/h4-12,14,21,27H,13,15-16H2,1-3H3,(H,28,34)(H,29,35)(H,30,32)(H,31,33)/t21-/m0/s1. The Balaban J connectivity index is 1.60. The summed E-state index contributed by atoms with van der Waals surface area (Å²) in [5.41, 5.74) is 6.25. The third kappa shape index (κ3) is 8.88. The Morgan fingerprint density at radius 2 is 1.62 bits per heavy atom. The Labute approximate surface area is 214 Å². The van der Waals surface area contributed by atoms with Gasteiger partial charge in [-0.15, -0.1) is 0 Å². The number of hydrazine groups is 1. The monoisotopic (exact) mass is 509 g/mol. The van der Waals surface area contributed by atoms with Crippen LogP contribution in [-0.4, -0.2) is 47.2 Å². The number of fused-ring (bicyclic) bond motifs is 1. The fourth-order valence-electron chi connectivity index (χ4n) is 3.37. The van der Waals surface area contributed by atoms with Crippen molar-refractivity contribution in [3.05, 3.63) is 71.9 Å². The van der Waals surface area contributed by atoms with Gasteiger partial charge in [0, 0.05) is 23.5 Å². The van der Waals surface area contributed by atoms with Crippen LogP contribution in [0.25, 0.3) is 10.9 Å². The van der Waals surface area contributed by atoms with E-state index < -0.39 is 42.2 Å². The third-order valence-corrected chi connectivity index (χ3v) is 5.04. The van der Waals surface area contributed by atoms with E-state index in [4.69, 9.17) is 9.47 Å². The molecule has 2 aromatic carbocycles. The van der Waals surface area contributed by atoms with Gasteiger partial charge in [0.05, 0.1) is 0 Å². The number of aromatic amines is 1. The maximum absolute atomic E-state index is 12.9. The highest BCUT2D eigenvalue weighted by molar-refractivity contribution is 5.90. The Bertz CT molecular complexity index is 1230. The molecule has 11 nitrogen and oxygen atoms in total. The van der Waals surface area contributed by atoms with Gasteiger partial charge in [0.2, 0.25) is 0 Å². The number of ether oxygens (including phenoxy) is 2. The fourth-order valence-corrected chi connectivity index (χ4v) is 3.37. The molecule has 196 valence electrons. The van der Waals surface area contributed by atoms with Gasteiger partial charge >= 0.3 is 12.2 Å². The first kappa shape index (κ1) is 27.1. The zero-order chi connectivity index (χ0) is 26.8. The van der Waals surface area contributed by atoms with Gasteiger partial charge in [-0.25, -0.2) is 9.59 Å². The second kappa shape index (κ2) is 12.4. The lowest BCUT2D eigenvalue weighted by molar-refractivity contribution is -0.129. The van der Waals surface area contributed by atoms with Crippen LogP contribution in [0.4, 0.5) is 9.59 Å². The summed E-state index contributed by atoms with van der Waals surface area (Å²) in [6.45, 7) is 4.69. The van der Waals surface area contributed by atoms with E-state index in [2.05, 4.69) is 26.5 Å². The number of aromatic nitrogens is 1.